The number of rotatable bonds is 4. The maximum absolute atomic E-state index is 10.1. The zero-order chi connectivity index (χ0) is 28.8. The molecule has 4 aromatic carbocycles. The van der Waals surface area contributed by atoms with E-state index < -0.39 is 0 Å². The van der Waals surface area contributed by atoms with E-state index in [1.807, 2.05) is 54.9 Å². The molecule has 0 radical (unpaired) electrons. The molecular formula is C38H23N5. The summed E-state index contributed by atoms with van der Waals surface area (Å²) in [5.74, 6) is 0. The second-order valence-electron chi connectivity index (χ2n) is 10.5. The average Bonchev–Trinajstić information content (AvgIpc) is 3.42. The highest BCUT2D eigenvalue weighted by atomic mass is 15.0. The van der Waals surface area contributed by atoms with Crippen LogP contribution in [0.1, 0.15) is 5.56 Å². The van der Waals surface area contributed by atoms with E-state index in [1.54, 1.807) is 6.20 Å². The quantitative estimate of drug-likeness (QED) is 0.220. The van der Waals surface area contributed by atoms with Crippen molar-refractivity contribution in [3.63, 3.8) is 0 Å². The molecule has 0 bridgehead atoms. The molecule has 4 heterocycles. The van der Waals surface area contributed by atoms with Crippen molar-refractivity contribution in [3.8, 4) is 45.5 Å². The fourth-order valence-electron chi connectivity index (χ4n) is 6.01. The summed E-state index contributed by atoms with van der Waals surface area (Å²) in [7, 11) is 0. The van der Waals surface area contributed by atoms with Crippen molar-refractivity contribution in [3.05, 3.63) is 145 Å². The van der Waals surface area contributed by atoms with Crippen LogP contribution in [0.15, 0.2) is 140 Å². The molecule has 0 aliphatic carbocycles. The predicted molar refractivity (Wildman–Crippen MR) is 173 cm³/mol. The summed E-state index contributed by atoms with van der Waals surface area (Å²) in [6.45, 7) is 0. The number of hydrogen-bond donors (Lipinski definition) is 0. The molecule has 200 valence electrons. The van der Waals surface area contributed by atoms with Gasteiger partial charge in [0, 0.05) is 34.4 Å². The summed E-state index contributed by atoms with van der Waals surface area (Å²) in [6.07, 6.45) is 5.54. The number of benzene rings is 4. The molecule has 0 saturated carbocycles. The van der Waals surface area contributed by atoms with Crippen molar-refractivity contribution in [2.45, 2.75) is 0 Å². The van der Waals surface area contributed by atoms with E-state index in [4.69, 9.17) is 4.98 Å². The lowest BCUT2D eigenvalue weighted by atomic mass is 9.94. The zero-order valence-electron chi connectivity index (χ0n) is 23.0. The van der Waals surface area contributed by atoms with Crippen LogP contribution in [-0.2, 0) is 0 Å². The van der Waals surface area contributed by atoms with Crippen molar-refractivity contribution in [1.29, 1.82) is 5.26 Å². The monoisotopic (exact) mass is 549 g/mol. The maximum Gasteiger partial charge on any atom is 0.0998 e. The van der Waals surface area contributed by atoms with Gasteiger partial charge in [-0.25, -0.2) is 4.98 Å². The topological polar surface area (TPSA) is 67.4 Å². The molecular weight excluding hydrogens is 526 g/mol. The van der Waals surface area contributed by atoms with E-state index in [2.05, 4.69) is 99.5 Å². The number of para-hydroxylation sites is 1. The van der Waals surface area contributed by atoms with Gasteiger partial charge >= 0.3 is 0 Å². The molecule has 4 aromatic heterocycles. The molecule has 0 N–H and O–H groups in total. The Morgan fingerprint density at radius 3 is 2.19 bits per heavy atom. The molecule has 8 aromatic rings. The van der Waals surface area contributed by atoms with Crippen molar-refractivity contribution in [1.82, 2.24) is 19.5 Å². The molecule has 0 atom stereocenters. The first-order valence-electron chi connectivity index (χ1n) is 14.1. The van der Waals surface area contributed by atoms with Crippen LogP contribution >= 0.6 is 0 Å². The van der Waals surface area contributed by atoms with E-state index in [0.29, 0.717) is 5.56 Å². The SMILES string of the molecule is N#Cc1ccc2ccccc2c1-c1cc(-c2ccc(-n3c4ccccc4c4ccncc43)cc2)cc(-c2ccccn2)n1. The van der Waals surface area contributed by atoms with Crippen LogP contribution < -0.4 is 0 Å². The predicted octanol–water partition coefficient (Wildman–Crippen LogP) is 8.99. The van der Waals surface area contributed by atoms with E-state index in [-0.39, 0.29) is 0 Å². The summed E-state index contributed by atoms with van der Waals surface area (Å²) < 4.78 is 2.26. The van der Waals surface area contributed by atoms with E-state index in [1.165, 1.54) is 10.8 Å². The van der Waals surface area contributed by atoms with Crippen molar-refractivity contribution in [2.75, 3.05) is 0 Å². The molecule has 0 fully saturated rings. The fourth-order valence-corrected chi connectivity index (χ4v) is 6.01. The molecule has 0 amide bonds. The molecule has 5 heteroatoms. The van der Waals surface area contributed by atoms with Gasteiger partial charge < -0.3 is 4.57 Å². The highest BCUT2D eigenvalue weighted by Crippen LogP contribution is 2.36. The average molecular weight is 550 g/mol. The summed E-state index contributed by atoms with van der Waals surface area (Å²) in [5.41, 5.74) is 9.00. The van der Waals surface area contributed by atoms with Crippen LogP contribution in [-0.4, -0.2) is 19.5 Å². The Morgan fingerprint density at radius 2 is 1.35 bits per heavy atom. The minimum Gasteiger partial charge on any atom is -0.308 e. The maximum atomic E-state index is 10.1. The number of pyridine rings is 3. The van der Waals surface area contributed by atoms with Gasteiger partial charge in [0.15, 0.2) is 0 Å². The third-order valence-corrected chi connectivity index (χ3v) is 7.99. The minimum absolute atomic E-state index is 0.589. The first-order chi connectivity index (χ1) is 21.3. The van der Waals surface area contributed by atoms with E-state index >= 15 is 0 Å². The van der Waals surface area contributed by atoms with Gasteiger partial charge in [0.2, 0.25) is 0 Å². The minimum atomic E-state index is 0.589. The number of hydrogen-bond acceptors (Lipinski definition) is 4. The number of fused-ring (bicyclic) bond motifs is 4. The highest BCUT2D eigenvalue weighted by molar-refractivity contribution is 6.09. The van der Waals surface area contributed by atoms with Crippen LogP contribution in [0, 0.1) is 11.3 Å². The lowest BCUT2D eigenvalue weighted by molar-refractivity contribution is 1.17. The first kappa shape index (κ1) is 24.7. The Balaban J connectivity index is 1.32. The lowest BCUT2D eigenvalue weighted by Gasteiger charge is -2.14. The van der Waals surface area contributed by atoms with Crippen LogP contribution in [0.3, 0.4) is 0 Å². The molecule has 8 rings (SSSR count). The smallest absolute Gasteiger partial charge is 0.0998 e. The van der Waals surface area contributed by atoms with Gasteiger partial charge in [-0.2, -0.15) is 5.26 Å². The highest BCUT2D eigenvalue weighted by Gasteiger charge is 2.16. The Kier molecular flexibility index (Phi) is 5.77. The summed E-state index contributed by atoms with van der Waals surface area (Å²) >= 11 is 0. The standard InChI is InChI=1S/C38H23N5/c39-23-27-13-12-26-7-1-2-8-30(26)38(27)35-22-28(21-34(42-35)33-10-5-6-19-41-33)25-14-16-29(17-15-25)43-36-11-4-3-9-31(36)32-18-20-40-24-37(32)43/h1-22,24H. The summed E-state index contributed by atoms with van der Waals surface area (Å²) in [4.78, 5) is 14.1. The second kappa shape index (κ2) is 10.1. The van der Waals surface area contributed by atoms with Gasteiger partial charge in [-0.15, -0.1) is 0 Å². The zero-order valence-corrected chi connectivity index (χ0v) is 23.0. The molecule has 0 unspecified atom stereocenters. The Bertz CT molecular complexity index is 2290. The Hall–Kier alpha value is -6.12. The van der Waals surface area contributed by atoms with Crippen molar-refractivity contribution in [2.24, 2.45) is 0 Å². The van der Waals surface area contributed by atoms with Crippen LogP contribution in [0.5, 0.6) is 0 Å². The number of nitrogens with zero attached hydrogens (tertiary/aromatic N) is 5. The molecule has 0 saturated heterocycles. The molecule has 43 heavy (non-hydrogen) atoms. The fraction of sp³-hybridized carbons (Fsp3) is 0. The van der Waals surface area contributed by atoms with E-state index in [0.717, 1.165) is 61.3 Å². The first-order valence-corrected chi connectivity index (χ1v) is 14.1. The van der Waals surface area contributed by atoms with Gasteiger partial charge in [0.05, 0.1) is 45.9 Å². The van der Waals surface area contributed by atoms with Crippen LogP contribution in [0.4, 0.5) is 0 Å². The van der Waals surface area contributed by atoms with Gasteiger partial charge in [-0.1, -0.05) is 66.7 Å². The molecule has 0 spiro atoms. The largest absolute Gasteiger partial charge is 0.308 e. The van der Waals surface area contributed by atoms with Gasteiger partial charge in [-0.05, 0) is 76.5 Å². The third-order valence-electron chi connectivity index (χ3n) is 7.99. The van der Waals surface area contributed by atoms with Crippen LogP contribution in [0.25, 0.3) is 72.0 Å². The Morgan fingerprint density at radius 1 is 0.581 bits per heavy atom. The second-order valence-corrected chi connectivity index (χ2v) is 10.5. The van der Waals surface area contributed by atoms with Gasteiger partial charge in [0.1, 0.15) is 0 Å². The molecule has 0 aliphatic heterocycles. The normalized spacial score (nSPS) is 11.2. The number of aromatic nitrogens is 4. The van der Waals surface area contributed by atoms with Gasteiger partial charge in [-0.3, -0.25) is 9.97 Å². The molecule has 0 aliphatic rings. The Labute approximate surface area is 248 Å². The van der Waals surface area contributed by atoms with Gasteiger partial charge in [0.25, 0.3) is 0 Å². The van der Waals surface area contributed by atoms with Crippen molar-refractivity contribution >= 4 is 32.6 Å². The van der Waals surface area contributed by atoms with Crippen LogP contribution in [0.2, 0.25) is 0 Å². The molecule has 5 nitrogen and oxygen atoms in total. The van der Waals surface area contributed by atoms with Crippen molar-refractivity contribution < 1.29 is 0 Å². The lowest BCUT2D eigenvalue weighted by Crippen LogP contribution is -1.96. The summed E-state index contributed by atoms with van der Waals surface area (Å²) in [6, 6.07) is 43.4. The van der Waals surface area contributed by atoms with E-state index in [9.17, 15) is 5.26 Å². The summed E-state index contributed by atoms with van der Waals surface area (Å²) in [5, 5.41) is 14.5. The third kappa shape index (κ3) is 4.13. The number of nitriles is 1.